The van der Waals surface area contributed by atoms with Gasteiger partial charge in [-0.15, -0.1) is 0 Å². The highest BCUT2D eigenvalue weighted by molar-refractivity contribution is 5.96. The fraction of sp³-hybridized carbons (Fsp3) is 0.591. The van der Waals surface area contributed by atoms with Gasteiger partial charge in [0.1, 0.15) is 0 Å². The Kier molecular flexibility index (Phi) is 4.24. The minimum Gasteiger partial charge on any atom is -0.462 e. The Morgan fingerprint density at radius 3 is 2.77 bits per heavy atom. The van der Waals surface area contributed by atoms with Gasteiger partial charge in [0.15, 0.2) is 0 Å². The van der Waals surface area contributed by atoms with Crippen LogP contribution in [0.4, 0.5) is 0 Å². The molecule has 1 saturated heterocycles. The summed E-state index contributed by atoms with van der Waals surface area (Å²) in [6, 6.07) is 5.99. The molecule has 0 bridgehead atoms. The van der Waals surface area contributed by atoms with Gasteiger partial charge in [-0.3, -0.25) is 0 Å². The average molecular weight is 353 g/mol. The molecule has 2 heterocycles. The first kappa shape index (κ1) is 16.4. The third-order valence-corrected chi connectivity index (χ3v) is 6.54. The average Bonchev–Trinajstić information content (AvgIpc) is 3.45. The third-order valence-electron chi connectivity index (χ3n) is 6.54. The van der Waals surface area contributed by atoms with Crippen LogP contribution in [0.1, 0.15) is 53.7 Å². The van der Waals surface area contributed by atoms with Gasteiger partial charge >= 0.3 is 5.97 Å². The molecular formula is C22H27NO3. The summed E-state index contributed by atoms with van der Waals surface area (Å²) in [5.41, 5.74) is 4.64. The van der Waals surface area contributed by atoms with E-state index in [0.29, 0.717) is 18.1 Å². The Labute approximate surface area is 154 Å². The summed E-state index contributed by atoms with van der Waals surface area (Å²) < 4.78 is 11.0. The highest BCUT2D eigenvalue weighted by atomic mass is 16.5. The summed E-state index contributed by atoms with van der Waals surface area (Å²) in [5, 5.41) is 1.22. The standard InChI is InChI=1S/C22H27NO3/c24-22(26-13-14-1-2-14)17-4-6-21-19(12-17)18-11-16(3-5-20(18)23-21)15-7-9-25-10-8-15/h4,6,12,14-16,23H,1-3,5,7-11,13H2. The van der Waals surface area contributed by atoms with Crippen molar-refractivity contribution in [2.45, 2.75) is 44.9 Å². The number of H-pyrrole nitrogens is 1. The molecular weight excluding hydrogens is 326 g/mol. The van der Waals surface area contributed by atoms with Gasteiger partial charge in [0, 0.05) is 29.8 Å². The van der Waals surface area contributed by atoms with Gasteiger partial charge in [0.25, 0.3) is 0 Å². The van der Waals surface area contributed by atoms with Crippen LogP contribution in [-0.4, -0.2) is 30.8 Å². The van der Waals surface area contributed by atoms with E-state index < -0.39 is 0 Å². The van der Waals surface area contributed by atoms with Gasteiger partial charge in [-0.05, 0) is 86.5 Å². The number of benzene rings is 1. The third kappa shape index (κ3) is 3.16. The number of aromatic nitrogens is 1. The van der Waals surface area contributed by atoms with Crippen LogP contribution >= 0.6 is 0 Å². The number of ether oxygens (including phenoxy) is 2. The first-order valence-electron chi connectivity index (χ1n) is 10.2. The van der Waals surface area contributed by atoms with Gasteiger partial charge in [0.05, 0.1) is 12.2 Å². The lowest BCUT2D eigenvalue weighted by atomic mass is 9.75. The largest absolute Gasteiger partial charge is 0.462 e. The van der Waals surface area contributed by atoms with Crippen molar-refractivity contribution < 1.29 is 14.3 Å². The molecule has 2 fully saturated rings. The molecule has 0 radical (unpaired) electrons. The van der Waals surface area contributed by atoms with Crippen molar-refractivity contribution in [2.24, 2.45) is 17.8 Å². The van der Waals surface area contributed by atoms with Crippen molar-refractivity contribution in [1.29, 1.82) is 0 Å². The van der Waals surface area contributed by atoms with Crippen molar-refractivity contribution in [3.63, 3.8) is 0 Å². The lowest BCUT2D eigenvalue weighted by Crippen LogP contribution is -2.27. The molecule has 0 spiro atoms. The minimum absolute atomic E-state index is 0.175. The van der Waals surface area contributed by atoms with E-state index in [2.05, 4.69) is 4.98 Å². The van der Waals surface area contributed by atoms with Crippen molar-refractivity contribution >= 4 is 16.9 Å². The molecule has 5 rings (SSSR count). The zero-order valence-electron chi connectivity index (χ0n) is 15.3. The zero-order chi connectivity index (χ0) is 17.5. The molecule has 4 heteroatoms. The van der Waals surface area contributed by atoms with Crippen LogP contribution in [0.25, 0.3) is 10.9 Å². The van der Waals surface area contributed by atoms with Crippen LogP contribution in [0.15, 0.2) is 18.2 Å². The number of esters is 1. The Morgan fingerprint density at radius 1 is 1.12 bits per heavy atom. The van der Waals surface area contributed by atoms with Crippen LogP contribution in [-0.2, 0) is 22.3 Å². The van der Waals surface area contributed by atoms with Gasteiger partial charge in [-0.1, -0.05) is 0 Å². The second-order valence-electron chi connectivity index (χ2n) is 8.34. The number of rotatable bonds is 4. The van der Waals surface area contributed by atoms with Crippen molar-refractivity contribution in [2.75, 3.05) is 19.8 Å². The first-order chi connectivity index (χ1) is 12.8. The minimum atomic E-state index is -0.175. The zero-order valence-corrected chi connectivity index (χ0v) is 15.3. The summed E-state index contributed by atoms with van der Waals surface area (Å²) in [4.78, 5) is 16.0. The second-order valence-corrected chi connectivity index (χ2v) is 8.34. The van der Waals surface area contributed by atoms with E-state index in [-0.39, 0.29) is 5.97 Å². The fourth-order valence-electron chi connectivity index (χ4n) is 4.72. The molecule has 4 nitrogen and oxygen atoms in total. The normalized spacial score (nSPS) is 23.8. The topological polar surface area (TPSA) is 51.3 Å². The Morgan fingerprint density at radius 2 is 1.96 bits per heavy atom. The van der Waals surface area contributed by atoms with E-state index in [1.165, 1.54) is 48.7 Å². The lowest BCUT2D eigenvalue weighted by molar-refractivity contribution is 0.0439. The fourth-order valence-corrected chi connectivity index (χ4v) is 4.72. The molecule has 2 aromatic rings. The smallest absolute Gasteiger partial charge is 0.338 e. The molecule has 1 aromatic heterocycles. The molecule has 1 aromatic carbocycles. The second kappa shape index (κ2) is 6.73. The summed E-state index contributed by atoms with van der Waals surface area (Å²) in [6.45, 7) is 2.41. The molecule has 138 valence electrons. The number of fused-ring (bicyclic) bond motifs is 3. The summed E-state index contributed by atoms with van der Waals surface area (Å²) in [6.07, 6.45) is 8.30. The maximum absolute atomic E-state index is 12.4. The molecule has 1 saturated carbocycles. The van der Waals surface area contributed by atoms with Crippen LogP contribution < -0.4 is 0 Å². The molecule has 26 heavy (non-hydrogen) atoms. The molecule has 1 aliphatic heterocycles. The Bertz CT molecular complexity index is 814. The number of hydrogen-bond donors (Lipinski definition) is 1. The van der Waals surface area contributed by atoms with Crippen LogP contribution in [0.5, 0.6) is 0 Å². The molecule has 3 aliphatic rings. The van der Waals surface area contributed by atoms with E-state index in [9.17, 15) is 4.79 Å². The van der Waals surface area contributed by atoms with Gasteiger partial charge in [-0.25, -0.2) is 4.79 Å². The molecule has 2 aliphatic carbocycles. The van der Waals surface area contributed by atoms with E-state index in [1.54, 1.807) is 0 Å². The number of carbonyl (C=O) groups excluding carboxylic acids is 1. The number of nitrogens with one attached hydrogen (secondary N) is 1. The number of hydrogen-bond acceptors (Lipinski definition) is 3. The van der Waals surface area contributed by atoms with Crippen LogP contribution in [0, 0.1) is 17.8 Å². The van der Waals surface area contributed by atoms with Gasteiger partial charge in [-0.2, -0.15) is 0 Å². The number of aryl methyl sites for hydroxylation is 1. The van der Waals surface area contributed by atoms with Gasteiger partial charge < -0.3 is 14.5 Å². The maximum atomic E-state index is 12.4. The molecule has 1 atom stereocenters. The van der Waals surface area contributed by atoms with E-state index in [4.69, 9.17) is 9.47 Å². The highest BCUT2D eigenvalue weighted by Crippen LogP contribution is 2.38. The summed E-state index contributed by atoms with van der Waals surface area (Å²) in [7, 11) is 0. The first-order valence-corrected chi connectivity index (χ1v) is 10.2. The van der Waals surface area contributed by atoms with E-state index in [1.807, 2.05) is 18.2 Å². The van der Waals surface area contributed by atoms with Gasteiger partial charge in [0.2, 0.25) is 0 Å². The Hall–Kier alpha value is -1.81. The quantitative estimate of drug-likeness (QED) is 0.835. The summed E-state index contributed by atoms with van der Waals surface area (Å²) in [5.74, 6) is 1.96. The monoisotopic (exact) mass is 353 g/mol. The van der Waals surface area contributed by atoms with Crippen LogP contribution in [0.3, 0.4) is 0 Å². The lowest BCUT2D eigenvalue weighted by Gasteiger charge is -2.33. The summed E-state index contributed by atoms with van der Waals surface area (Å²) >= 11 is 0. The van der Waals surface area contributed by atoms with Crippen molar-refractivity contribution in [3.05, 3.63) is 35.0 Å². The highest BCUT2D eigenvalue weighted by Gasteiger charge is 2.30. The number of carbonyl (C=O) groups is 1. The SMILES string of the molecule is O=C(OCC1CC1)c1ccc2[nH]c3c(c2c1)CC(C1CCOCC1)CC3. The predicted molar refractivity (Wildman–Crippen MR) is 100 cm³/mol. The van der Waals surface area contributed by atoms with Crippen molar-refractivity contribution in [3.8, 4) is 0 Å². The number of aromatic amines is 1. The maximum Gasteiger partial charge on any atom is 0.338 e. The van der Waals surface area contributed by atoms with E-state index >= 15 is 0 Å². The Balaban J connectivity index is 1.39. The molecule has 0 amide bonds. The molecule has 1 unspecified atom stereocenters. The molecule has 1 N–H and O–H groups in total. The predicted octanol–water partition coefficient (Wildman–Crippen LogP) is 4.27. The van der Waals surface area contributed by atoms with E-state index in [0.717, 1.165) is 43.4 Å². The van der Waals surface area contributed by atoms with Crippen LogP contribution in [0.2, 0.25) is 0 Å². The van der Waals surface area contributed by atoms with Crippen molar-refractivity contribution in [1.82, 2.24) is 4.98 Å².